The Bertz CT molecular complexity index is 335. The Morgan fingerprint density at radius 1 is 1.47 bits per heavy atom. The van der Waals surface area contributed by atoms with Crippen LogP contribution in [0.1, 0.15) is 25.8 Å². The molecule has 1 aromatic rings. The molecule has 0 saturated heterocycles. The number of carbonyl (C=O) groups is 1. The van der Waals surface area contributed by atoms with E-state index >= 15 is 0 Å². The van der Waals surface area contributed by atoms with Crippen LogP contribution in [0.2, 0.25) is 0 Å². The van der Waals surface area contributed by atoms with E-state index in [2.05, 4.69) is 0 Å². The largest absolute Gasteiger partial charge is 0.383 e. The molecule has 0 heterocycles. The highest BCUT2D eigenvalue weighted by Crippen LogP contribution is 2.32. The van der Waals surface area contributed by atoms with Crippen molar-refractivity contribution in [1.29, 1.82) is 0 Å². The van der Waals surface area contributed by atoms with E-state index in [0.717, 1.165) is 0 Å². The average molecular weight is 227 g/mol. The summed E-state index contributed by atoms with van der Waals surface area (Å²) in [6.07, 6.45) is 0.0433. The quantitative estimate of drug-likeness (QED) is 0.801. The monoisotopic (exact) mass is 226 g/mol. The first kappa shape index (κ1) is 12.2. The summed E-state index contributed by atoms with van der Waals surface area (Å²) in [4.78, 5) is 11.1. The molecule has 1 aromatic carbocycles. The molecular weight excluding hydrogens is 212 g/mol. The number of ketones is 1. The molecule has 1 rings (SSSR count). The molecule has 1 N–H and O–H groups in total. The van der Waals surface area contributed by atoms with Gasteiger partial charge in [0.2, 0.25) is 0 Å². The van der Waals surface area contributed by atoms with Crippen molar-refractivity contribution in [2.75, 3.05) is 0 Å². The number of rotatable bonds is 4. The van der Waals surface area contributed by atoms with E-state index in [9.17, 15) is 9.90 Å². The zero-order chi connectivity index (χ0) is 11.5. The van der Waals surface area contributed by atoms with Gasteiger partial charge in [-0.05, 0) is 19.4 Å². The Kier molecular flexibility index (Phi) is 3.89. The third kappa shape index (κ3) is 2.80. The maximum Gasteiger partial charge on any atom is 0.133 e. The van der Waals surface area contributed by atoms with Gasteiger partial charge >= 0.3 is 0 Å². The van der Waals surface area contributed by atoms with E-state index in [1.54, 1.807) is 19.1 Å². The standard InChI is InChI=1S/C12H15ClO2/c1-9(14)8-12(15,10(2)13)11-6-4-3-5-7-11/h3-7,10,15H,8H2,1-2H3/t10-,12+/m1/s1. The van der Waals surface area contributed by atoms with Crippen molar-refractivity contribution >= 4 is 17.4 Å². The minimum absolute atomic E-state index is 0.0433. The second-order valence-electron chi connectivity index (χ2n) is 3.79. The number of aliphatic hydroxyl groups is 1. The molecule has 0 spiro atoms. The van der Waals surface area contributed by atoms with E-state index in [-0.39, 0.29) is 12.2 Å². The molecule has 2 atom stereocenters. The van der Waals surface area contributed by atoms with Crippen molar-refractivity contribution in [1.82, 2.24) is 0 Å². The van der Waals surface area contributed by atoms with Crippen LogP contribution in [0.25, 0.3) is 0 Å². The Morgan fingerprint density at radius 3 is 2.40 bits per heavy atom. The van der Waals surface area contributed by atoms with E-state index in [4.69, 9.17) is 11.6 Å². The van der Waals surface area contributed by atoms with Gasteiger partial charge in [0, 0.05) is 6.42 Å². The molecule has 82 valence electrons. The van der Waals surface area contributed by atoms with E-state index in [1.165, 1.54) is 6.92 Å². The number of hydrogen-bond donors (Lipinski definition) is 1. The Labute approximate surface area is 94.9 Å². The van der Waals surface area contributed by atoms with Crippen LogP contribution in [0, 0.1) is 0 Å². The van der Waals surface area contributed by atoms with Gasteiger partial charge in [0.05, 0.1) is 5.38 Å². The van der Waals surface area contributed by atoms with Crippen LogP contribution in [0.4, 0.5) is 0 Å². The molecular formula is C12H15ClO2. The van der Waals surface area contributed by atoms with Crippen molar-refractivity contribution < 1.29 is 9.90 Å². The van der Waals surface area contributed by atoms with Gasteiger partial charge in [-0.2, -0.15) is 0 Å². The molecule has 15 heavy (non-hydrogen) atoms. The molecule has 2 nitrogen and oxygen atoms in total. The smallest absolute Gasteiger partial charge is 0.133 e. The molecule has 3 heteroatoms. The van der Waals surface area contributed by atoms with Crippen LogP contribution in [-0.2, 0) is 10.4 Å². The number of benzene rings is 1. The number of alkyl halides is 1. The molecule has 0 radical (unpaired) electrons. The summed E-state index contributed by atoms with van der Waals surface area (Å²) in [6, 6.07) is 9.06. The lowest BCUT2D eigenvalue weighted by molar-refractivity contribution is -0.122. The van der Waals surface area contributed by atoms with Gasteiger partial charge in [0.15, 0.2) is 0 Å². The summed E-state index contributed by atoms with van der Waals surface area (Å²) >= 11 is 5.96. The van der Waals surface area contributed by atoms with Gasteiger partial charge in [0.1, 0.15) is 11.4 Å². The second-order valence-corrected chi connectivity index (χ2v) is 4.44. The van der Waals surface area contributed by atoms with Crippen molar-refractivity contribution in [3.8, 4) is 0 Å². The van der Waals surface area contributed by atoms with Crippen LogP contribution < -0.4 is 0 Å². The minimum Gasteiger partial charge on any atom is -0.383 e. The lowest BCUT2D eigenvalue weighted by atomic mass is 9.86. The third-order valence-electron chi connectivity index (χ3n) is 2.45. The van der Waals surface area contributed by atoms with Crippen LogP contribution in [-0.4, -0.2) is 16.3 Å². The van der Waals surface area contributed by atoms with Crippen LogP contribution in [0.3, 0.4) is 0 Å². The first-order valence-electron chi connectivity index (χ1n) is 4.88. The van der Waals surface area contributed by atoms with Gasteiger partial charge in [-0.3, -0.25) is 4.79 Å². The molecule has 0 saturated carbocycles. The molecule has 0 aromatic heterocycles. The summed E-state index contributed by atoms with van der Waals surface area (Å²) in [5.74, 6) is -0.0751. The maximum atomic E-state index is 11.1. The van der Waals surface area contributed by atoms with Gasteiger partial charge in [-0.15, -0.1) is 11.6 Å². The Hall–Kier alpha value is -0.860. The first-order valence-corrected chi connectivity index (χ1v) is 5.32. The van der Waals surface area contributed by atoms with E-state index in [0.29, 0.717) is 5.56 Å². The van der Waals surface area contributed by atoms with Crippen molar-refractivity contribution in [3.05, 3.63) is 35.9 Å². The maximum absolute atomic E-state index is 11.1. The molecule has 0 unspecified atom stereocenters. The number of hydrogen-bond acceptors (Lipinski definition) is 2. The first-order chi connectivity index (χ1) is 6.97. The lowest BCUT2D eigenvalue weighted by Gasteiger charge is -2.30. The van der Waals surface area contributed by atoms with Crippen LogP contribution >= 0.6 is 11.6 Å². The van der Waals surface area contributed by atoms with E-state index < -0.39 is 11.0 Å². The predicted octanol–water partition coefficient (Wildman–Crippen LogP) is 2.48. The number of carbonyl (C=O) groups excluding carboxylic acids is 1. The fourth-order valence-electron chi connectivity index (χ4n) is 1.58. The van der Waals surface area contributed by atoms with Gasteiger partial charge in [-0.1, -0.05) is 30.3 Å². The average Bonchev–Trinajstić information content (AvgIpc) is 2.17. The summed E-state index contributed by atoms with van der Waals surface area (Å²) in [5.41, 5.74) is -0.586. The number of halogens is 1. The zero-order valence-corrected chi connectivity index (χ0v) is 9.66. The zero-order valence-electron chi connectivity index (χ0n) is 8.90. The van der Waals surface area contributed by atoms with Crippen molar-refractivity contribution in [2.45, 2.75) is 31.2 Å². The lowest BCUT2D eigenvalue weighted by Crippen LogP contribution is -2.36. The van der Waals surface area contributed by atoms with Crippen molar-refractivity contribution in [2.24, 2.45) is 0 Å². The number of Topliss-reactive ketones (excluding diaryl/α,β-unsaturated/α-hetero) is 1. The molecule has 0 aliphatic heterocycles. The SMILES string of the molecule is CC(=O)C[C@@](O)(c1ccccc1)[C@@H](C)Cl. The highest BCUT2D eigenvalue weighted by molar-refractivity contribution is 6.21. The summed E-state index contributed by atoms with van der Waals surface area (Å²) in [6.45, 7) is 3.14. The van der Waals surface area contributed by atoms with E-state index in [1.807, 2.05) is 18.2 Å². The van der Waals surface area contributed by atoms with Crippen molar-refractivity contribution in [3.63, 3.8) is 0 Å². The molecule has 0 aliphatic carbocycles. The van der Waals surface area contributed by atoms with Gasteiger partial charge in [0.25, 0.3) is 0 Å². The highest BCUT2D eigenvalue weighted by Gasteiger charge is 2.35. The fraction of sp³-hybridized carbons (Fsp3) is 0.417. The molecule has 0 fully saturated rings. The third-order valence-corrected chi connectivity index (χ3v) is 2.81. The topological polar surface area (TPSA) is 37.3 Å². The van der Waals surface area contributed by atoms with Gasteiger partial charge < -0.3 is 5.11 Å². The highest BCUT2D eigenvalue weighted by atomic mass is 35.5. The minimum atomic E-state index is -1.27. The fourth-order valence-corrected chi connectivity index (χ4v) is 1.78. The summed E-state index contributed by atoms with van der Waals surface area (Å²) in [5, 5.41) is 9.87. The Balaban J connectivity index is 3.07. The molecule has 0 amide bonds. The predicted molar refractivity (Wildman–Crippen MR) is 61.0 cm³/mol. The summed E-state index contributed by atoms with van der Waals surface area (Å²) < 4.78 is 0. The second kappa shape index (κ2) is 4.77. The summed E-state index contributed by atoms with van der Waals surface area (Å²) in [7, 11) is 0. The Morgan fingerprint density at radius 2 is 2.00 bits per heavy atom. The van der Waals surface area contributed by atoms with Crippen LogP contribution in [0.15, 0.2) is 30.3 Å². The molecule has 0 bridgehead atoms. The normalized spacial score (nSPS) is 16.8. The van der Waals surface area contributed by atoms with Crippen LogP contribution in [0.5, 0.6) is 0 Å². The van der Waals surface area contributed by atoms with Gasteiger partial charge in [-0.25, -0.2) is 0 Å². The molecule has 0 aliphatic rings.